The Hall–Kier alpha value is -3.86. The number of hydrogen-bond donors (Lipinski definition) is 0. The lowest BCUT2D eigenvalue weighted by molar-refractivity contribution is 0.495. The summed E-state index contributed by atoms with van der Waals surface area (Å²) in [6.45, 7) is 1.75. The van der Waals surface area contributed by atoms with Gasteiger partial charge in [-0.05, 0) is 60.4 Å². The van der Waals surface area contributed by atoms with Crippen molar-refractivity contribution in [3.63, 3.8) is 0 Å². The minimum absolute atomic E-state index is 0.871. The maximum Gasteiger partial charge on any atom is 0.0938 e. The van der Waals surface area contributed by atoms with Crippen LogP contribution in [0, 0.1) is 0 Å². The van der Waals surface area contributed by atoms with Crippen LogP contribution in [0.5, 0.6) is 0 Å². The monoisotopic (exact) mass is 435 g/mol. The molecule has 5 nitrogen and oxygen atoms in total. The molecule has 5 heteroatoms. The minimum Gasteiger partial charge on any atom is -0.361 e. The van der Waals surface area contributed by atoms with Crippen LogP contribution in [0.25, 0.3) is 0 Å². The van der Waals surface area contributed by atoms with E-state index in [1.165, 1.54) is 39.6 Å². The first-order valence-electron chi connectivity index (χ1n) is 11.6. The molecule has 33 heavy (non-hydrogen) atoms. The molecule has 6 rings (SSSR count). The molecule has 0 unspecified atom stereocenters. The lowest BCUT2D eigenvalue weighted by Crippen LogP contribution is -2.22. The van der Waals surface area contributed by atoms with Crippen molar-refractivity contribution in [1.82, 2.24) is 9.80 Å². The van der Waals surface area contributed by atoms with E-state index in [0.717, 1.165) is 26.2 Å². The molecule has 0 fully saturated rings. The van der Waals surface area contributed by atoms with Crippen molar-refractivity contribution in [2.75, 3.05) is 42.1 Å². The molecule has 3 aromatic carbocycles. The first-order chi connectivity index (χ1) is 16.2. The Labute approximate surface area is 196 Å². The molecule has 3 aliphatic heterocycles. The molecule has 0 spiro atoms. The topological polar surface area (TPSA) is 16.2 Å². The summed E-state index contributed by atoms with van der Waals surface area (Å²) >= 11 is 0. The minimum atomic E-state index is 0.871. The fraction of sp³-hybridized carbons (Fsp3) is 0.214. The molecule has 3 heterocycles. The number of aryl methyl sites for hydroxylation is 2. The predicted octanol–water partition coefficient (Wildman–Crippen LogP) is 5.62. The average Bonchev–Trinajstić information content (AvgIpc) is 3.43. The molecule has 0 amide bonds. The summed E-state index contributed by atoms with van der Waals surface area (Å²) in [5.74, 6) is 0. The van der Waals surface area contributed by atoms with Gasteiger partial charge in [0, 0.05) is 61.6 Å². The van der Waals surface area contributed by atoms with Gasteiger partial charge in [-0.1, -0.05) is 30.3 Å². The number of rotatable bonds is 3. The van der Waals surface area contributed by atoms with Gasteiger partial charge in [-0.2, -0.15) is 0 Å². The van der Waals surface area contributed by atoms with Crippen molar-refractivity contribution < 1.29 is 0 Å². The summed E-state index contributed by atoms with van der Waals surface area (Å²) in [4.78, 5) is 11.4. The third-order valence-corrected chi connectivity index (χ3v) is 6.71. The van der Waals surface area contributed by atoms with Gasteiger partial charge in [-0.25, -0.2) is 0 Å². The highest BCUT2D eigenvalue weighted by molar-refractivity contribution is 5.84. The molecule has 0 saturated heterocycles. The maximum atomic E-state index is 2.46. The molecular formula is C28H29N5. The van der Waals surface area contributed by atoms with Crippen LogP contribution in [-0.2, 0) is 12.8 Å². The fourth-order valence-electron chi connectivity index (χ4n) is 4.97. The summed E-state index contributed by atoms with van der Waals surface area (Å²) in [5, 5.41) is 0. The van der Waals surface area contributed by atoms with Crippen molar-refractivity contribution in [1.29, 1.82) is 0 Å². The van der Waals surface area contributed by atoms with Crippen molar-refractivity contribution in [2.45, 2.75) is 12.8 Å². The summed E-state index contributed by atoms with van der Waals surface area (Å²) < 4.78 is 0. The van der Waals surface area contributed by atoms with E-state index in [1.54, 1.807) is 0 Å². The van der Waals surface area contributed by atoms with Crippen LogP contribution in [0.1, 0.15) is 11.1 Å². The largest absolute Gasteiger partial charge is 0.361 e. The molecule has 166 valence electrons. The molecule has 0 bridgehead atoms. The van der Waals surface area contributed by atoms with Crippen molar-refractivity contribution in [3.8, 4) is 0 Å². The van der Waals surface area contributed by atoms with Crippen LogP contribution in [0.15, 0.2) is 91.5 Å². The summed E-state index contributed by atoms with van der Waals surface area (Å²) in [6.07, 6.45) is 10.6. The first kappa shape index (κ1) is 19.8. The molecule has 0 N–H and O–H groups in total. The zero-order valence-corrected chi connectivity index (χ0v) is 19.2. The Morgan fingerprint density at radius 1 is 0.545 bits per heavy atom. The molecule has 0 aromatic heterocycles. The second-order valence-corrected chi connectivity index (χ2v) is 9.13. The lowest BCUT2D eigenvalue weighted by Gasteiger charge is -2.30. The standard InChI is InChI=1S/C28H29N5/c1-29-14-16-31(20-29)24-7-5-8-26(18-24)33-27-9-4-3-6-22(27)10-11-23-12-13-25(19-28(23)33)32-17-15-30(2)21-32/h3-9,12-19H,10-11,20-21H2,1-2H3. The van der Waals surface area contributed by atoms with E-state index >= 15 is 0 Å². The third-order valence-electron chi connectivity index (χ3n) is 6.71. The molecule has 0 atom stereocenters. The fourth-order valence-corrected chi connectivity index (χ4v) is 4.97. The number of nitrogens with zero attached hydrogens (tertiary/aromatic N) is 5. The van der Waals surface area contributed by atoms with E-state index in [1.807, 2.05) is 0 Å². The number of hydrogen-bond acceptors (Lipinski definition) is 5. The van der Waals surface area contributed by atoms with Crippen molar-refractivity contribution >= 4 is 28.4 Å². The van der Waals surface area contributed by atoms with Gasteiger partial charge in [0.05, 0.1) is 19.0 Å². The van der Waals surface area contributed by atoms with Gasteiger partial charge < -0.3 is 24.5 Å². The van der Waals surface area contributed by atoms with Gasteiger partial charge in [-0.3, -0.25) is 0 Å². The molecule has 0 aliphatic carbocycles. The normalized spacial score (nSPS) is 17.0. The van der Waals surface area contributed by atoms with Gasteiger partial charge in [-0.15, -0.1) is 0 Å². The second kappa shape index (κ2) is 7.93. The molecule has 0 saturated carbocycles. The highest BCUT2D eigenvalue weighted by Gasteiger charge is 2.24. The number of para-hydroxylation sites is 1. The van der Waals surface area contributed by atoms with E-state index in [4.69, 9.17) is 0 Å². The van der Waals surface area contributed by atoms with E-state index in [9.17, 15) is 0 Å². The van der Waals surface area contributed by atoms with Crippen LogP contribution in [-0.4, -0.2) is 37.2 Å². The molecule has 3 aliphatic rings. The first-order valence-corrected chi connectivity index (χ1v) is 11.6. The molecule has 3 aromatic rings. The Morgan fingerprint density at radius 3 is 1.88 bits per heavy atom. The molecular weight excluding hydrogens is 406 g/mol. The van der Waals surface area contributed by atoms with Crippen molar-refractivity contribution in [3.05, 3.63) is 103 Å². The number of fused-ring (bicyclic) bond motifs is 2. The Morgan fingerprint density at radius 2 is 1.18 bits per heavy atom. The highest BCUT2D eigenvalue weighted by Crippen LogP contribution is 2.44. The van der Waals surface area contributed by atoms with E-state index in [-0.39, 0.29) is 0 Å². The predicted molar refractivity (Wildman–Crippen MR) is 137 cm³/mol. The third kappa shape index (κ3) is 3.59. The van der Waals surface area contributed by atoms with Crippen molar-refractivity contribution in [2.24, 2.45) is 0 Å². The van der Waals surface area contributed by atoms with Crippen LogP contribution in [0.4, 0.5) is 28.4 Å². The summed E-state index contributed by atoms with van der Waals surface area (Å²) in [6, 6.07) is 24.7. The van der Waals surface area contributed by atoms with Crippen LogP contribution < -0.4 is 14.7 Å². The number of benzene rings is 3. The Balaban J connectivity index is 1.48. The summed E-state index contributed by atoms with van der Waals surface area (Å²) in [7, 11) is 4.21. The maximum absolute atomic E-state index is 2.46. The van der Waals surface area contributed by atoms with Crippen LogP contribution in [0.3, 0.4) is 0 Å². The van der Waals surface area contributed by atoms with E-state index in [2.05, 4.69) is 130 Å². The Kier molecular flexibility index (Phi) is 4.75. The highest BCUT2D eigenvalue weighted by atomic mass is 15.3. The quantitative estimate of drug-likeness (QED) is 0.529. The van der Waals surface area contributed by atoms with Gasteiger partial charge in [0.1, 0.15) is 0 Å². The smallest absolute Gasteiger partial charge is 0.0938 e. The van der Waals surface area contributed by atoms with E-state index in [0.29, 0.717) is 0 Å². The van der Waals surface area contributed by atoms with Gasteiger partial charge >= 0.3 is 0 Å². The van der Waals surface area contributed by atoms with Gasteiger partial charge in [0.2, 0.25) is 0 Å². The average molecular weight is 436 g/mol. The van der Waals surface area contributed by atoms with Crippen LogP contribution >= 0.6 is 0 Å². The van der Waals surface area contributed by atoms with Gasteiger partial charge in [0.15, 0.2) is 0 Å². The number of anilines is 5. The van der Waals surface area contributed by atoms with Gasteiger partial charge in [0.25, 0.3) is 0 Å². The lowest BCUT2D eigenvalue weighted by atomic mass is 10.0. The summed E-state index contributed by atoms with van der Waals surface area (Å²) in [5.41, 5.74) is 8.94. The molecule has 0 radical (unpaired) electrons. The second-order valence-electron chi connectivity index (χ2n) is 9.13. The SMILES string of the molecule is CN1C=CN(c2cccc(N3c4ccccc4CCc4ccc(N5C=CN(C)C5)cc43)c2)C1. The zero-order chi connectivity index (χ0) is 22.4. The van der Waals surface area contributed by atoms with Crippen LogP contribution in [0.2, 0.25) is 0 Å². The van der Waals surface area contributed by atoms with E-state index < -0.39 is 0 Å². The Bertz CT molecular complexity index is 1250. The zero-order valence-electron chi connectivity index (χ0n) is 19.2.